The number of carbonyl (C=O) groups is 1. The van der Waals surface area contributed by atoms with Crippen molar-refractivity contribution in [3.05, 3.63) is 23.2 Å². The zero-order valence-electron chi connectivity index (χ0n) is 8.71. The van der Waals surface area contributed by atoms with E-state index < -0.39 is 17.8 Å². The van der Waals surface area contributed by atoms with Crippen LogP contribution in [0.3, 0.4) is 0 Å². The molecule has 0 bridgehead atoms. The second-order valence-electron chi connectivity index (χ2n) is 3.07. The third-order valence-electron chi connectivity index (χ3n) is 1.69. The van der Waals surface area contributed by atoms with Gasteiger partial charge in [-0.15, -0.1) is 0 Å². The molecule has 0 unspecified atom stereocenters. The predicted octanol–water partition coefficient (Wildman–Crippen LogP) is 3.80. The number of anilines is 1. The number of thioether (sulfide) groups is 1. The Bertz CT molecular complexity index is 499. The first kappa shape index (κ1) is 14.7. The van der Waals surface area contributed by atoms with Crippen LogP contribution in [0.5, 0.6) is 0 Å². The van der Waals surface area contributed by atoms with Crippen molar-refractivity contribution in [2.45, 2.75) is 16.8 Å². The summed E-state index contributed by atoms with van der Waals surface area (Å²) in [6, 6.07) is 5.17. The molecule has 96 valence electrons. The first-order valence-electron chi connectivity index (χ1n) is 4.54. The van der Waals surface area contributed by atoms with E-state index in [0.717, 1.165) is 6.07 Å². The zero-order chi connectivity index (χ0) is 13.8. The van der Waals surface area contributed by atoms with Crippen molar-refractivity contribution < 1.29 is 18.0 Å². The van der Waals surface area contributed by atoms with Crippen molar-refractivity contribution in [2.75, 3.05) is 5.32 Å². The van der Waals surface area contributed by atoms with Gasteiger partial charge in [-0.2, -0.15) is 18.4 Å². The number of alkyl halides is 3. The summed E-state index contributed by atoms with van der Waals surface area (Å²) in [6.07, 6.45) is -0.396. The maximum Gasteiger partial charge on any atom is 0.446 e. The van der Waals surface area contributed by atoms with E-state index >= 15 is 0 Å². The van der Waals surface area contributed by atoms with Crippen LogP contribution in [0.15, 0.2) is 23.1 Å². The predicted molar refractivity (Wildman–Crippen MR) is 62.2 cm³/mol. The van der Waals surface area contributed by atoms with E-state index in [0.29, 0.717) is 0 Å². The van der Waals surface area contributed by atoms with Gasteiger partial charge in [-0.3, -0.25) is 4.79 Å². The van der Waals surface area contributed by atoms with Gasteiger partial charge in [0.25, 0.3) is 0 Å². The molecule has 18 heavy (non-hydrogen) atoms. The summed E-state index contributed by atoms with van der Waals surface area (Å²) in [5.74, 6) is -0.631. The van der Waals surface area contributed by atoms with Gasteiger partial charge in [0.05, 0.1) is 16.8 Å². The normalized spacial score (nSPS) is 10.8. The van der Waals surface area contributed by atoms with Crippen molar-refractivity contribution in [2.24, 2.45) is 0 Å². The van der Waals surface area contributed by atoms with Gasteiger partial charge in [-0.25, -0.2) is 0 Å². The molecular weight excluding hydrogens is 289 g/mol. The average Bonchev–Trinajstić information content (AvgIpc) is 2.21. The summed E-state index contributed by atoms with van der Waals surface area (Å²) in [7, 11) is 0. The molecule has 0 saturated heterocycles. The largest absolute Gasteiger partial charge is 0.446 e. The molecule has 0 aliphatic carbocycles. The number of benzene rings is 1. The third kappa shape index (κ3) is 4.85. The Hall–Kier alpha value is -1.39. The summed E-state index contributed by atoms with van der Waals surface area (Å²) in [4.78, 5) is 11.0. The molecule has 1 aromatic rings. The fourth-order valence-corrected chi connectivity index (χ4v) is 1.81. The Kier molecular flexibility index (Phi) is 4.87. The molecule has 0 radical (unpaired) electrons. The lowest BCUT2D eigenvalue weighted by atomic mass is 10.3. The first-order chi connectivity index (χ1) is 8.31. The van der Waals surface area contributed by atoms with Gasteiger partial charge in [-0.05, 0) is 30.0 Å². The van der Waals surface area contributed by atoms with Crippen LogP contribution < -0.4 is 5.32 Å². The smallest absolute Gasteiger partial charge is 0.324 e. The molecule has 8 heteroatoms. The topological polar surface area (TPSA) is 52.9 Å². The van der Waals surface area contributed by atoms with E-state index in [1.165, 1.54) is 12.1 Å². The van der Waals surface area contributed by atoms with Crippen LogP contribution in [0.1, 0.15) is 6.42 Å². The third-order valence-corrected chi connectivity index (χ3v) is 2.74. The molecule has 0 aromatic heterocycles. The lowest BCUT2D eigenvalue weighted by Gasteiger charge is -2.09. The Morgan fingerprint density at radius 3 is 2.72 bits per heavy atom. The highest BCUT2D eigenvalue weighted by atomic mass is 35.5. The summed E-state index contributed by atoms with van der Waals surface area (Å²) >= 11 is 5.41. The first-order valence-corrected chi connectivity index (χ1v) is 5.73. The quantitative estimate of drug-likeness (QED) is 0.863. The van der Waals surface area contributed by atoms with E-state index in [4.69, 9.17) is 16.9 Å². The number of nitriles is 1. The average molecular weight is 295 g/mol. The number of rotatable bonds is 3. The Morgan fingerprint density at radius 2 is 2.17 bits per heavy atom. The van der Waals surface area contributed by atoms with Gasteiger partial charge in [0.1, 0.15) is 6.42 Å². The van der Waals surface area contributed by atoms with E-state index in [1.54, 1.807) is 6.07 Å². The molecule has 1 amide bonds. The Morgan fingerprint density at radius 1 is 1.50 bits per heavy atom. The minimum absolute atomic E-state index is 0.0474. The van der Waals surface area contributed by atoms with Crippen molar-refractivity contribution in [3.63, 3.8) is 0 Å². The van der Waals surface area contributed by atoms with Crippen LogP contribution in [-0.4, -0.2) is 11.4 Å². The van der Waals surface area contributed by atoms with E-state index in [2.05, 4.69) is 5.32 Å². The molecule has 0 saturated carbocycles. The van der Waals surface area contributed by atoms with E-state index in [9.17, 15) is 18.0 Å². The molecule has 0 heterocycles. The summed E-state index contributed by atoms with van der Waals surface area (Å²) in [6.45, 7) is 0. The highest BCUT2D eigenvalue weighted by molar-refractivity contribution is 8.00. The molecule has 1 aromatic carbocycles. The number of nitrogens with zero attached hydrogens (tertiary/aromatic N) is 1. The fourth-order valence-electron chi connectivity index (χ4n) is 1.06. The van der Waals surface area contributed by atoms with Crippen molar-refractivity contribution in [1.29, 1.82) is 5.26 Å². The molecule has 0 atom stereocenters. The molecule has 1 rings (SSSR count). The summed E-state index contributed by atoms with van der Waals surface area (Å²) in [5, 5.41) is 10.7. The highest BCUT2D eigenvalue weighted by Crippen LogP contribution is 2.39. The van der Waals surface area contributed by atoms with Crippen LogP contribution in [0.4, 0.5) is 18.9 Å². The minimum Gasteiger partial charge on any atom is -0.324 e. The van der Waals surface area contributed by atoms with Crippen molar-refractivity contribution in [1.82, 2.24) is 0 Å². The number of hydrogen-bond acceptors (Lipinski definition) is 3. The second kappa shape index (κ2) is 5.98. The standard InChI is InChI=1S/C10H6ClF3N2OS/c11-7-2-1-6(18-10(12,13)14)5-8(7)16-9(17)3-4-15/h1-2,5H,3H2,(H,16,17). The molecule has 0 spiro atoms. The van der Waals surface area contributed by atoms with Crippen LogP contribution >= 0.6 is 23.4 Å². The molecule has 3 nitrogen and oxygen atoms in total. The van der Waals surface area contributed by atoms with Gasteiger partial charge in [0.2, 0.25) is 5.91 Å². The Labute approximate surface area is 110 Å². The molecule has 1 N–H and O–H groups in total. The molecular formula is C10H6ClF3N2OS. The van der Waals surface area contributed by atoms with Crippen LogP contribution in [0, 0.1) is 11.3 Å². The van der Waals surface area contributed by atoms with E-state index in [-0.39, 0.29) is 27.4 Å². The van der Waals surface area contributed by atoms with E-state index in [1.807, 2.05) is 0 Å². The van der Waals surface area contributed by atoms with Crippen LogP contribution in [0.25, 0.3) is 0 Å². The van der Waals surface area contributed by atoms with Gasteiger partial charge in [-0.1, -0.05) is 11.6 Å². The van der Waals surface area contributed by atoms with Gasteiger partial charge in [0, 0.05) is 4.90 Å². The van der Waals surface area contributed by atoms with Gasteiger partial charge >= 0.3 is 5.51 Å². The maximum absolute atomic E-state index is 12.2. The zero-order valence-corrected chi connectivity index (χ0v) is 10.3. The van der Waals surface area contributed by atoms with Crippen molar-refractivity contribution in [3.8, 4) is 6.07 Å². The second-order valence-corrected chi connectivity index (χ2v) is 4.62. The SMILES string of the molecule is N#CCC(=O)Nc1cc(SC(F)(F)F)ccc1Cl. The minimum atomic E-state index is -4.41. The van der Waals surface area contributed by atoms with Gasteiger partial charge < -0.3 is 5.32 Å². The molecule has 0 aliphatic heterocycles. The van der Waals surface area contributed by atoms with Crippen LogP contribution in [-0.2, 0) is 4.79 Å². The lowest BCUT2D eigenvalue weighted by molar-refractivity contribution is -0.115. The maximum atomic E-state index is 12.2. The van der Waals surface area contributed by atoms with Crippen molar-refractivity contribution >= 4 is 35.0 Å². The summed E-state index contributed by atoms with van der Waals surface area (Å²) < 4.78 is 36.5. The van der Waals surface area contributed by atoms with Crippen LogP contribution in [0.2, 0.25) is 5.02 Å². The molecule has 0 aliphatic rings. The number of halogens is 4. The number of hydrogen-bond donors (Lipinski definition) is 1. The molecule has 0 fully saturated rings. The lowest BCUT2D eigenvalue weighted by Crippen LogP contribution is -2.10. The highest BCUT2D eigenvalue weighted by Gasteiger charge is 2.29. The fraction of sp³-hybridized carbons (Fsp3) is 0.200. The number of amides is 1. The number of nitrogens with one attached hydrogen (secondary N) is 1. The Balaban J connectivity index is 2.88. The summed E-state index contributed by atoms with van der Waals surface area (Å²) in [5.41, 5.74) is -4.37. The number of carbonyl (C=O) groups excluding carboxylic acids is 1. The van der Waals surface area contributed by atoms with Gasteiger partial charge in [0.15, 0.2) is 0 Å². The monoisotopic (exact) mass is 294 g/mol.